The molecule has 0 spiro atoms. The van der Waals surface area contributed by atoms with Crippen LogP contribution in [0, 0.1) is 11.2 Å². The van der Waals surface area contributed by atoms with Gasteiger partial charge in [-0.25, -0.2) is 9.18 Å². The van der Waals surface area contributed by atoms with Crippen molar-refractivity contribution in [2.45, 2.75) is 20.0 Å². The van der Waals surface area contributed by atoms with Gasteiger partial charge in [-0.15, -0.1) is 0 Å². The third-order valence-corrected chi connectivity index (χ3v) is 4.39. The maximum Gasteiger partial charge on any atom is 0.405 e. The van der Waals surface area contributed by atoms with Gasteiger partial charge in [-0.1, -0.05) is 37.6 Å². The highest BCUT2D eigenvalue weighted by atomic mass is 35.5. The number of halogens is 2. The van der Waals surface area contributed by atoms with Gasteiger partial charge in [0.05, 0.1) is 11.6 Å². The minimum absolute atomic E-state index is 0.316. The SMILES string of the molecule is CC1(C)COc2cc(-c3ccc(F)cc3Cl)ccc2C1OC(N)=O. The summed E-state index contributed by atoms with van der Waals surface area (Å²) in [5.41, 5.74) is 7.02. The smallest absolute Gasteiger partial charge is 0.405 e. The molecule has 2 aromatic rings. The van der Waals surface area contributed by atoms with Crippen LogP contribution < -0.4 is 10.5 Å². The summed E-state index contributed by atoms with van der Waals surface area (Å²) in [6.45, 7) is 4.25. The predicted molar refractivity (Wildman–Crippen MR) is 89.5 cm³/mol. The molecule has 4 nitrogen and oxygen atoms in total. The molecule has 0 fully saturated rings. The van der Waals surface area contributed by atoms with E-state index >= 15 is 0 Å². The Bertz CT molecular complexity index is 807. The van der Waals surface area contributed by atoms with Crippen molar-refractivity contribution in [2.24, 2.45) is 11.1 Å². The lowest BCUT2D eigenvalue weighted by Crippen LogP contribution is -2.37. The Morgan fingerprint density at radius 2 is 2.08 bits per heavy atom. The summed E-state index contributed by atoms with van der Waals surface area (Å²) in [6, 6.07) is 9.69. The molecule has 3 rings (SSSR count). The summed E-state index contributed by atoms with van der Waals surface area (Å²) in [4.78, 5) is 11.2. The van der Waals surface area contributed by atoms with Crippen LogP contribution in [0.1, 0.15) is 25.5 Å². The van der Waals surface area contributed by atoms with E-state index in [1.807, 2.05) is 26.0 Å². The zero-order chi connectivity index (χ0) is 17.5. The molecule has 2 aromatic carbocycles. The third kappa shape index (κ3) is 3.04. The van der Waals surface area contributed by atoms with E-state index in [4.69, 9.17) is 26.8 Å². The second-order valence-electron chi connectivity index (χ2n) is 6.47. The molecule has 1 aliphatic heterocycles. The van der Waals surface area contributed by atoms with Crippen LogP contribution in [0.5, 0.6) is 5.75 Å². The third-order valence-electron chi connectivity index (χ3n) is 4.08. The molecule has 2 N–H and O–H groups in total. The minimum atomic E-state index is -0.827. The van der Waals surface area contributed by atoms with E-state index in [9.17, 15) is 9.18 Å². The molecule has 0 aliphatic carbocycles. The van der Waals surface area contributed by atoms with E-state index in [-0.39, 0.29) is 0 Å². The van der Waals surface area contributed by atoms with Gasteiger partial charge in [-0.3, -0.25) is 0 Å². The molecule has 0 bridgehead atoms. The fourth-order valence-electron chi connectivity index (χ4n) is 2.87. The lowest BCUT2D eigenvalue weighted by molar-refractivity contribution is -0.0176. The molecular formula is C18H17ClFNO3. The van der Waals surface area contributed by atoms with Crippen LogP contribution in [-0.2, 0) is 4.74 Å². The Labute approximate surface area is 144 Å². The van der Waals surface area contributed by atoms with Crippen LogP contribution >= 0.6 is 11.6 Å². The van der Waals surface area contributed by atoms with E-state index in [1.165, 1.54) is 12.1 Å². The highest BCUT2D eigenvalue weighted by Crippen LogP contribution is 2.46. The fourth-order valence-corrected chi connectivity index (χ4v) is 3.14. The lowest BCUT2D eigenvalue weighted by Gasteiger charge is -2.38. The zero-order valence-corrected chi connectivity index (χ0v) is 14.1. The molecule has 0 radical (unpaired) electrons. The van der Waals surface area contributed by atoms with Crippen molar-refractivity contribution < 1.29 is 18.7 Å². The van der Waals surface area contributed by atoms with Crippen LogP contribution in [0.4, 0.5) is 9.18 Å². The molecule has 0 aromatic heterocycles. The van der Waals surface area contributed by atoms with Crippen molar-refractivity contribution in [1.82, 2.24) is 0 Å². The monoisotopic (exact) mass is 349 g/mol. The van der Waals surface area contributed by atoms with Crippen LogP contribution in [0.15, 0.2) is 36.4 Å². The molecular weight excluding hydrogens is 333 g/mol. The van der Waals surface area contributed by atoms with E-state index in [2.05, 4.69) is 0 Å². The van der Waals surface area contributed by atoms with Gasteiger partial charge < -0.3 is 15.2 Å². The summed E-state index contributed by atoms with van der Waals surface area (Å²) < 4.78 is 24.4. The highest BCUT2D eigenvalue weighted by molar-refractivity contribution is 6.33. The highest BCUT2D eigenvalue weighted by Gasteiger charge is 2.40. The number of benzene rings is 2. The first-order chi connectivity index (χ1) is 11.3. The molecule has 0 saturated carbocycles. The van der Waals surface area contributed by atoms with Gasteiger partial charge in [0.2, 0.25) is 0 Å². The summed E-state index contributed by atoms with van der Waals surface area (Å²) in [6.07, 6.45) is -1.33. The predicted octanol–water partition coefficient (Wildman–Crippen LogP) is 4.70. The molecule has 6 heteroatoms. The van der Waals surface area contributed by atoms with Gasteiger partial charge in [-0.2, -0.15) is 0 Å². The van der Waals surface area contributed by atoms with Crippen LogP contribution in [0.3, 0.4) is 0 Å². The number of hydrogen-bond acceptors (Lipinski definition) is 3. The first-order valence-corrected chi connectivity index (χ1v) is 7.84. The normalized spacial score (nSPS) is 18.4. The van der Waals surface area contributed by atoms with Gasteiger partial charge in [0.15, 0.2) is 0 Å². The number of fused-ring (bicyclic) bond motifs is 1. The Kier molecular flexibility index (Phi) is 4.13. The maximum absolute atomic E-state index is 13.2. The molecule has 0 saturated heterocycles. The number of rotatable bonds is 2. The van der Waals surface area contributed by atoms with Crippen molar-refractivity contribution in [3.05, 3.63) is 52.8 Å². The summed E-state index contributed by atoms with van der Waals surface area (Å²) in [5.74, 6) is 0.202. The average molecular weight is 350 g/mol. The fraction of sp³-hybridized carbons (Fsp3) is 0.278. The number of hydrogen-bond donors (Lipinski definition) is 1. The van der Waals surface area contributed by atoms with Gasteiger partial charge in [0.25, 0.3) is 0 Å². The maximum atomic E-state index is 13.2. The van der Waals surface area contributed by atoms with Crippen molar-refractivity contribution in [1.29, 1.82) is 0 Å². The lowest BCUT2D eigenvalue weighted by atomic mass is 9.80. The van der Waals surface area contributed by atoms with Crippen molar-refractivity contribution in [3.8, 4) is 16.9 Å². The second kappa shape index (κ2) is 5.98. The topological polar surface area (TPSA) is 61.6 Å². The van der Waals surface area contributed by atoms with Gasteiger partial charge in [0.1, 0.15) is 17.7 Å². The van der Waals surface area contributed by atoms with Gasteiger partial charge >= 0.3 is 6.09 Å². The Morgan fingerprint density at radius 3 is 2.75 bits per heavy atom. The number of ether oxygens (including phenoxy) is 2. The van der Waals surface area contributed by atoms with Crippen LogP contribution in [0.25, 0.3) is 11.1 Å². The van der Waals surface area contributed by atoms with Gasteiger partial charge in [0, 0.05) is 16.5 Å². The number of carbonyl (C=O) groups excluding carboxylic acids is 1. The van der Waals surface area contributed by atoms with E-state index in [0.29, 0.717) is 22.9 Å². The van der Waals surface area contributed by atoms with Crippen LogP contribution in [0.2, 0.25) is 5.02 Å². The number of carbonyl (C=O) groups is 1. The first kappa shape index (κ1) is 16.6. The Balaban J connectivity index is 2.04. The molecule has 1 atom stereocenters. The standard InChI is InChI=1S/C18H17ClFNO3/c1-18(2)9-23-15-7-10(12-6-4-11(20)8-14(12)19)3-5-13(15)16(18)24-17(21)22/h3-8,16H,9H2,1-2H3,(H2,21,22). The number of nitrogens with two attached hydrogens (primary N) is 1. The summed E-state index contributed by atoms with van der Waals surface area (Å²) in [7, 11) is 0. The van der Waals surface area contributed by atoms with Crippen LogP contribution in [-0.4, -0.2) is 12.7 Å². The summed E-state index contributed by atoms with van der Waals surface area (Å²) >= 11 is 6.12. The molecule has 1 aliphatic rings. The molecule has 1 heterocycles. The van der Waals surface area contributed by atoms with E-state index in [1.54, 1.807) is 12.1 Å². The Morgan fingerprint density at radius 1 is 1.33 bits per heavy atom. The zero-order valence-electron chi connectivity index (χ0n) is 13.3. The van der Waals surface area contributed by atoms with E-state index < -0.39 is 23.4 Å². The molecule has 1 unspecified atom stereocenters. The van der Waals surface area contributed by atoms with Gasteiger partial charge in [-0.05, 0) is 29.8 Å². The largest absolute Gasteiger partial charge is 0.492 e. The van der Waals surface area contributed by atoms with Crippen molar-refractivity contribution in [3.63, 3.8) is 0 Å². The van der Waals surface area contributed by atoms with Crippen molar-refractivity contribution in [2.75, 3.05) is 6.61 Å². The molecule has 1 amide bonds. The van der Waals surface area contributed by atoms with Crippen molar-refractivity contribution >= 4 is 17.7 Å². The summed E-state index contributed by atoms with van der Waals surface area (Å²) in [5, 5.41) is 0.316. The first-order valence-electron chi connectivity index (χ1n) is 7.46. The number of primary amides is 1. The molecule has 126 valence electrons. The second-order valence-corrected chi connectivity index (χ2v) is 6.88. The Hall–Kier alpha value is -2.27. The quantitative estimate of drug-likeness (QED) is 0.854. The average Bonchev–Trinajstić information content (AvgIpc) is 2.50. The minimum Gasteiger partial charge on any atom is -0.492 e. The number of amides is 1. The van der Waals surface area contributed by atoms with E-state index in [0.717, 1.165) is 11.1 Å². The molecule has 24 heavy (non-hydrogen) atoms.